The molecule has 0 aliphatic heterocycles. The van der Waals surface area contributed by atoms with E-state index in [1.54, 1.807) is 10.7 Å². The van der Waals surface area contributed by atoms with Gasteiger partial charge in [0.25, 0.3) is 0 Å². The van der Waals surface area contributed by atoms with Gasteiger partial charge in [0.15, 0.2) is 12.1 Å². The van der Waals surface area contributed by atoms with Gasteiger partial charge in [-0.1, -0.05) is 18.2 Å². The summed E-state index contributed by atoms with van der Waals surface area (Å²) in [7, 11) is 1.86. The standard InChI is InChI=1S/C9H15N5.C8H6N2O/c1-6-3-4-7(5-8(6)12-2)9(10)13-14-11;11-6-7-5-9-10-4-2-1-3-8(7)10/h3-5,12,14H,11H2,1-2H3,(H2,10,13);1-6H. The van der Waals surface area contributed by atoms with E-state index in [1.807, 2.05) is 56.6 Å². The first kappa shape index (κ1) is 18.0. The van der Waals surface area contributed by atoms with Crippen LogP contribution in [0.1, 0.15) is 21.5 Å². The van der Waals surface area contributed by atoms with Crippen molar-refractivity contribution < 1.29 is 4.79 Å². The first-order valence-electron chi connectivity index (χ1n) is 7.55. The van der Waals surface area contributed by atoms with Crippen LogP contribution in [-0.4, -0.2) is 28.8 Å². The number of aryl methyl sites for hydroxylation is 1. The zero-order valence-electron chi connectivity index (χ0n) is 14.1. The van der Waals surface area contributed by atoms with Gasteiger partial charge in [0, 0.05) is 24.5 Å². The number of aromatic nitrogens is 2. The molecule has 8 heteroatoms. The number of aldehydes is 1. The summed E-state index contributed by atoms with van der Waals surface area (Å²) in [5, 5.41) is 10.7. The lowest BCUT2D eigenvalue weighted by molar-refractivity contribution is 0.112. The third kappa shape index (κ3) is 4.33. The van der Waals surface area contributed by atoms with Crippen LogP contribution >= 0.6 is 0 Å². The van der Waals surface area contributed by atoms with E-state index in [0.29, 0.717) is 11.4 Å². The Hall–Kier alpha value is -3.39. The van der Waals surface area contributed by atoms with Gasteiger partial charge in [0.05, 0.1) is 17.3 Å². The fourth-order valence-electron chi connectivity index (χ4n) is 2.23. The van der Waals surface area contributed by atoms with Gasteiger partial charge in [-0.2, -0.15) is 5.10 Å². The monoisotopic (exact) mass is 339 g/mol. The number of hydrazine groups is 1. The molecule has 3 aromatic rings. The molecular weight excluding hydrogens is 318 g/mol. The van der Waals surface area contributed by atoms with Crippen LogP contribution in [0.4, 0.5) is 5.69 Å². The molecule has 0 aliphatic carbocycles. The quantitative estimate of drug-likeness (QED) is 0.187. The van der Waals surface area contributed by atoms with Crippen LogP contribution in [-0.2, 0) is 0 Å². The van der Waals surface area contributed by atoms with E-state index >= 15 is 0 Å². The number of nitrogens with one attached hydrogen (secondary N) is 2. The second-order valence-corrected chi connectivity index (χ2v) is 5.15. The highest BCUT2D eigenvalue weighted by Gasteiger charge is 2.01. The third-order valence-electron chi connectivity index (χ3n) is 3.57. The Labute approximate surface area is 145 Å². The Morgan fingerprint density at radius 2 is 2.12 bits per heavy atom. The largest absolute Gasteiger partial charge is 0.388 e. The van der Waals surface area contributed by atoms with E-state index in [2.05, 4.69) is 21.1 Å². The number of carbonyl (C=O) groups is 1. The van der Waals surface area contributed by atoms with Crippen LogP contribution in [0.15, 0.2) is 53.9 Å². The molecule has 0 saturated carbocycles. The van der Waals surface area contributed by atoms with E-state index < -0.39 is 0 Å². The van der Waals surface area contributed by atoms with Crippen molar-refractivity contribution in [2.75, 3.05) is 12.4 Å². The number of hydrogen-bond acceptors (Lipinski definition) is 6. The maximum atomic E-state index is 10.4. The number of rotatable bonds is 4. The second-order valence-electron chi connectivity index (χ2n) is 5.15. The van der Waals surface area contributed by atoms with Gasteiger partial charge in [-0.15, -0.1) is 5.10 Å². The van der Waals surface area contributed by atoms with Crippen molar-refractivity contribution in [2.45, 2.75) is 6.92 Å². The number of anilines is 1. The van der Waals surface area contributed by atoms with Crippen molar-refractivity contribution in [2.24, 2.45) is 16.7 Å². The number of hydrazone groups is 1. The molecule has 2 heterocycles. The average Bonchev–Trinajstić information content (AvgIpc) is 3.06. The molecule has 0 saturated heterocycles. The fraction of sp³-hybridized carbons (Fsp3) is 0.118. The first-order chi connectivity index (χ1) is 12.1. The van der Waals surface area contributed by atoms with Crippen molar-refractivity contribution >= 4 is 23.3 Å². The van der Waals surface area contributed by atoms with E-state index in [4.69, 9.17) is 11.6 Å². The number of nitrogens with zero attached hydrogens (tertiary/aromatic N) is 3. The van der Waals surface area contributed by atoms with Crippen LogP contribution in [0.3, 0.4) is 0 Å². The van der Waals surface area contributed by atoms with Crippen molar-refractivity contribution in [1.82, 2.24) is 15.1 Å². The van der Waals surface area contributed by atoms with Gasteiger partial charge in [0.2, 0.25) is 0 Å². The van der Waals surface area contributed by atoms with Crippen LogP contribution in [0.25, 0.3) is 5.52 Å². The van der Waals surface area contributed by atoms with Gasteiger partial charge >= 0.3 is 0 Å². The van der Waals surface area contributed by atoms with Crippen molar-refractivity contribution in [3.05, 3.63) is 65.5 Å². The molecule has 8 nitrogen and oxygen atoms in total. The van der Waals surface area contributed by atoms with Crippen LogP contribution in [0, 0.1) is 6.92 Å². The van der Waals surface area contributed by atoms with Gasteiger partial charge in [-0.05, 0) is 30.7 Å². The molecule has 0 amide bonds. The summed E-state index contributed by atoms with van der Waals surface area (Å²) in [6, 6.07) is 11.4. The number of pyridine rings is 1. The minimum absolute atomic E-state index is 0.365. The minimum atomic E-state index is 0.365. The van der Waals surface area contributed by atoms with E-state index in [-0.39, 0.29) is 0 Å². The smallest absolute Gasteiger partial charge is 0.153 e. The Balaban J connectivity index is 0.000000185. The molecule has 6 N–H and O–H groups in total. The summed E-state index contributed by atoms with van der Waals surface area (Å²) in [4.78, 5) is 10.4. The average molecular weight is 339 g/mol. The van der Waals surface area contributed by atoms with Crippen LogP contribution < -0.4 is 22.4 Å². The lowest BCUT2D eigenvalue weighted by Crippen LogP contribution is -2.23. The maximum Gasteiger partial charge on any atom is 0.153 e. The summed E-state index contributed by atoms with van der Waals surface area (Å²) < 4.78 is 1.67. The number of benzene rings is 1. The lowest BCUT2D eigenvalue weighted by atomic mass is 10.1. The SMILES string of the molecule is CNc1cc(/C(N)=N/NN)ccc1C.O=Cc1cnn2ccccc12. The van der Waals surface area contributed by atoms with Gasteiger partial charge in [0.1, 0.15) is 0 Å². The summed E-state index contributed by atoms with van der Waals surface area (Å²) in [6.07, 6.45) is 4.17. The van der Waals surface area contributed by atoms with E-state index in [0.717, 1.165) is 28.6 Å². The molecule has 0 spiro atoms. The van der Waals surface area contributed by atoms with Gasteiger partial charge in [-0.3, -0.25) is 4.79 Å². The second kappa shape index (κ2) is 8.46. The normalized spacial score (nSPS) is 10.8. The highest BCUT2D eigenvalue weighted by atomic mass is 16.1. The number of hydrogen-bond donors (Lipinski definition) is 4. The van der Waals surface area contributed by atoms with Crippen molar-refractivity contribution in [3.63, 3.8) is 0 Å². The molecule has 0 atom stereocenters. The molecule has 2 aromatic heterocycles. The predicted octanol–water partition coefficient (Wildman–Crippen LogP) is 1.27. The molecule has 130 valence electrons. The van der Waals surface area contributed by atoms with Gasteiger partial charge in [-0.25, -0.2) is 15.9 Å². The lowest BCUT2D eigenvalue weighted by Gasteiger charge is -2.07. The van der Waals surface area contributed by atoms with Crippen LogP contribution in [0.2, 0.25) is 0 Å². The molecule has 0 unspecified atom stereocenters. The third-order valence-corrected chi connectivity index (χ3v) is 3.57. The molecule has 0 fully saturated rings. The molecular formula is C17H21N7O. The number of nitrogens with two attached hydrogens (primary N) is 2. The zero-order chi connectivity index (χ0) is 18.2. The summed E-state index contributed by atoms with van der Waals surface area (Å²) in [5.74, 6) is 5.40. The summed E-state index contributed by atoms with van der Waals surface area (Å²) in [5.41, 5.74) is 12.3. The Bertz CT molecular complexity index is 886. The number of fused-ring (bicyclic) bond motifs is 1. The fourth-order valence-corrected chi connectivity index (χ4v) is 2.23. The first-order valence-corrected chi connectivity index (χ1v) is 7.55. The predicted molar refractivity (Wildman–Crippen MR) is 99.4 cm³/mol. The Morgan fingerprint density at radius 3 is 2.80 bits per heavy atom. The molecule has 0 bridgehead atoms. The molecule has 25 heavy (non-hydrogen) atoms. The molecule has 3 rings (SSSR count). The zero-order valence-corrected chi connectivity index (χ0v) is 14.1. The molecule has 1 aromatic carbocycles. The highest BCUT2D eigenvalue weighted by molar-refractivity contribution is 5.98. The molecule has 0 aliphatic rings. The topological polar surface area (TPSA) is 123 Å². The van der Waals surface area contributed by atoms with Crippen molar-refractivity contribution in [3.8, 4) is 0 Å². The molecule has 0 radical (unpaired) electrons. The van der Waals surface area contributed by atoms with Crippen LogP contribution in [0.5, 0.6) is 0 Å². The van der Waals surface area contributed by atoms with Crippen molar-refractivity contribution in [1.29, 1.82) is 0 Å². The highest BCUT2D eigenvalue weighted by Crippen LogP contribution is 2.15. The maximum absolute atomic E-state index is 10.4. The van der Waals surface area contributed by atoms with E-state index in [9.17, 15) is 4.79 Å². The Kier molecular flexibility index (Phi) is 6.08. The van der Waals surface area contributed by atoms with E-state index in [1.165, 1.54) is 0 Å². The Morgan fingerprint density at radius 1 is 1.32 bits per heavy atom. The summed E-state index contributed by atoms with van der Waals surface area (Å²) in [6.45, 7) is 2.02. The number of amidine groups is 1. The summed E-state index contributed by atoms with van der Waals surface area (Å²) >= 11 is 0. The van der Waals surface area contributed by atoms with Gasteiger partial charge < -0.3 is 11.1 Å². The minimum Gasteiger partial charge on any atom is -0.388 e. The number of carbonyl (C=O) groups excluding carboxylic acids is 1.